The number of methoxy groups -OCH3 is 1. The van der Waals surface area contributed by atoms with E-state index in [0.29, 0.717) is 31.1 Å². The number of nitrogens with zero attached hydrogens (tertiary/aromatic N) is 3. The van der Waals surface area contributed by atoms with Crippen molar-refractivity contribution in [3.8, 4) is 5.75 Å². The van der Waals surface area contributed by atoms with Crippen LogP contribution in [0.15, 0.2) is 53.4 Å². The normalized spacial score (nSPS) is 17.8. The number of aromatic nitrogens is 2. The number of imidazole rings is 1. The number of rotatable bonds is 5. The zero-order valence-corrected chi connectivity index (χ0v) is 20.2. The number of ether oxygens (including phenoxy) is 1. The molecule has 1 aliphatic rings. The maximum Gasteiger partial charge on any atom is 0.243 e. The first-order valence-corrected chi connectivity index (χ1v) is 12.5. The van der Waals surface area contributed by atoms with Crippen LogP contribution in [0.3, 0.4) is 0 Å². The van der Waals surface area contributed by atoms with Crippen LogP contribution < -0.4 is 10.1 Å². The maximum absolute atomic E-state index is 13.2. The van der Waals surface area contributed by atoms with Crippen molar-refractivity contribution in [2.24, 2.45) is 5.92 Å². The van der Waals surface area contributed by atoms with Crippen molar-refractivity contribution in [1.29, 1.82) is 0 Å². The molecule has 176 valence electrons. The first-order chi connectivity index (χ1) is 15.6. The summed E-state index contributed by atoms with van der Waals surface area (Å²) in [5.41, 5.74) is 1.44. The van der Waals surface area contributed by atoms with E-state index in [1.807, 2.05) is 28.8 Å². The van der Waals surface area contributed by atoms with E-state index in [-0.39, 0.29) is 22.9 Å². The van der Waals surface area contributed by atoms with Gasteiger partial charge in [0.25, 0.3) is 0 Å². The number of hydrogen-bond acceptors (Lipinski definition) is 5. The molecule has 3 aromatic rings. The predicted octanol–water partition coefficient (Wildman–Crippen LogP) is 3.84. The van der Waals surface area contributed by atoms with E-state index in [0.717, 1.165) is 11.0 Å². The lowest BCUT2D eigenvalue weighted by atomic mass is 9.99. The van der Waals surface area contributed by atoms with Crippen molar-refractivity contribution < 1.29 is 17.9 Å². The highest BCUT2D eigenvalue weighted by Crippen LogP contribution is 2.30. The van der Waals surface area contributed by atoms with E-state index in [4.69, 9.17) is 4.74 Å². The molecule has 0 aliphatic carbocycles. The van der Waals surface area contributed by atoms with E-state index < -0.39 is 15.9 Å². The van der Waals surface area contributed by atoms with Crippen molar-refractivity contribution >= 4 is 32.9 Å². The zero-order valence-electron chi connectivity index (χ0n) is 19.4. The molecule has 0 spiro atoms. The van der Waals surface area contributed by atoms with Gasteiger partial charge in [-0.2, -0.15) is 4.31 Å². The first-order valence-electron chi connectivity index (χ1n) is 11.0. The third kappa shape index (κ3) is 4.60. The summed E-state index contributed by atoms with van der Waals surface area (Å²) in [6.45, 7) is 6.69. The van der Waals surface area contributed by atoms with E-state index >= 15 is 0 Å². The minimum Gasteiger partial charge on any atom is -0.497 e. The van der Waals surface area contributed by atoms with Gasteiger partial charge in [0.15, 0.2) is 0 Å². The molecule has 1 aliphatic heterocycles. The Balaban J connectivity index is 1.55. The molecule has 9 heteroatoms. The number of piperidine rings is 1. The van der Waals surface area contributed by atoms with Gasteiger partial charge in [-0.15, -0.1) is 0 Å². The first kappa shape index (κ1) is 23.3. The highest BCUT2D eigenvalue weighted by atomic mass is 32.2. The smallest absolute Gasteiger partial charge is 0.243 e. The lowest BCUT2D eigenvalue weighted by Crippen LogP contribution is -2.44. The Labute approximate surface area is 194 Å². The van der Waals surface area contributed by atoms with Crippen molar-refractivity contribution in [3.05, 3.63) is 48.5 Å². The SMILES string of the molecule is COc1ccc(S(=O)(=O)N2CCCC(C(=O)Nc3nc4ccccc4n3C(C)(C)C)C2)cc1. The fraction of sp³-hybridized carbons (Fsp3) is 0.417. The third-order valence-electron chi connectivity index (χ3n) is 5.92. The van der Waals surface area contributed by atoms with Crippen molar-refractivity contribution in [2.75, 3.05) is 25.5 Å². The molecule has 2 heterocycles. The molecule has 1 amide bonds. The molecule has 1 N–H and O–H groups in total. The lowest BCUT2D eigenvalue weighted by molar-refractivity contribution is -0.120. The summed E-state index contributed by atoms with van der Waals surface area (Å²) >= 11 is 0. The summed E-state index contributed by atoms with van der Waals surface area (Å²) in [4.78, 5) is 18.0. The second kappa shape index (κ2) is 8.79. The Morgan fingerprint density at radius 3 is 2.48 bits per heavy atom. The number of carbonyl (C=O) groups is 1. The second-order valence-electron chi connectivity index (χ2n) is 9.30. The number of hydrogen-bond donors (Lipinski definition) is 1. The summed E-state index contributed by atoms with van der Waals surface area (Å²) in [5, 5.41) is 2.98. The summed E-state index contributed by atoms with van der Waals surface area (Å²) in [6.07, 6.45) is 1.24. The summed E-state index contributed by atoms with van der Waals surface area (Å²) < 4.78 is 34.8. The Kier molecular flexibility index (Phi) is 6.20. The maximum atomic E-state index is 13.2. The number of anilines is 1. The molecule has 1 fully saturated rings. The van der Waals surface area contributed by atoms with E-state index in [9.17, 15) is 13.2 Å². The minimum atomic E-state index is -3.70. The molecule has 1 saturated heterocycles. The van der Waals surface area contributed by atoms with Crippen molar-refractivity contribution in [3.63, 3.8) is 0 Å². The lowest BCUT2D eigenvalue weighted by Gasteiger charge is -2.31. The molecular formula is C24H30N4O4S. The molecule has 33 heavy (non-hydrogen) atoms. The van der Waals surface area contributed by atoms with Gasteiger partial charge in [-0.3, -0.25) is 10.1 Å². The van der Waals surface area contributed by atoms with Crippen LogP contribution in [0.2, 0.25) is 0 Å². The van der Waals surface area contributed by atoms with Gasteiger partial charge in [-0.25, -0.2) is 13.4 Å². The Bertz CT molecular complexity index is 1260. The van der Waals surface area contributed by atoms with E-state index in [2.05, 4.69) is 31.1 Å². The van der Waals surface area contributed by atoms with Crippen molar-refractivity contribution in [1.82, 2.24) is 13.9 Å². The molecule has 1 atom stereocenters. The highest BCUT2D eigenvalue weighted by molar-refractivity contribution is 7.89. The quantitative estimate of drug-likeness (QED) is 0.612. The average Bonchev–Trinajstić information content (AvgIpc) is 3.17. The number of benzene rings is 2. The molecular weight excluding hydrogens is 440 g/mol. The van der Waals surface area contributed by atoms with Gasteiger partial charge < -0.3 is 9.30 Å². The van der Waals surface area contributed by atoms with Gasteiger partial charge in [0.05, 0.1) is 29.0 Å². The van der Waals surface area contributed by atoms with Gasteiger partial charge >= 0.3 is 0 Å². The van der Waals surface area contributed by atoms with Crippen LogP contribution in [0.4, 0.5) is 5.95 Å². The standard InChI is InChI=1S/C24H30N4O4S/c1-24(2,3)28-21-10-6-5-9-20(21)25-23(28)26-22(29)17-8-7-15-27(16-17)33(30,31)19-13-11-18(32-4)12-14-19/h5-6,9-14,17H,7-8,15-16H2,1-4H3,(H,25,26,29). The molecule has 1 aromatic heterocycles. The van der Waals surface area contributed by atoms with Crippen LogP contribution in [-0.2, 0) is 20.4 Å². The number of fused-ring (bicyclic) bond motifs is 1. The van der Waals surface area contributed by atoms with Crippen LogP contribution in [0.1, 0.15) is 33.6 Å². The van der Waals surface area contributed by atoms with Gasteiger partial charge in [0, 0.05) is 18.6 Å². The van der Waals surface area contributed by atoms with Crippen LogP contribution in [0.5, 0.6) is 5.75 Å². The Hall–Kier alpha value is -2.91. The number of para-hydroxylation sites is 2. The van der Waals surface area contributed by atoms with Gasteiger partial charge in [0.1, 0.15) is 5.75 Å². The molecule has 8 nitrogen and oxygen atoms in total. The number of sulfonamides is 1. The molecule has 2 aromatic carbocycles. The summed E-state index contributed by atoms with van der Waals surface area (Å²) in [7, 11) is -2.17. The topological polar surface area (TPSA) is 93.5 Å². The number of nitrogens with one attached hydrogen (secondary N) is 1. The molecule has 1 unspecified atom stereocenters. The molecule has 0 bridgehead atoms. The average molecular weight is 471 g/mol. The van der Waals surface area contributed by atoms with Crippen LogP contribution in [-0.4, -0.2) is 48.4 Å². The van der Waals surface area contributed by atoms with Crippen LogP contribution in [0.25, 0.3) is 11.0 Å². The number of amides is 1. The number of carbonyl (C=O) groups excluding carboxylic acids is 1. The van der Waals surface area contributed by atoms with Crippen LogP contribution >= 0.6 is 0 Å². The van der Waals surface area contributed by atoms with E-state index in [1.165, 1.54) is 23.5 Å². The van der Waals surface area contributed by atoms with Gasteiger partial charge in [0.2, 0.25) is 21.9 Å². The predicted molar refractivity (Wildman–Crippen MR) is 128 cm³/mol. The fourth-order valence-corrected chi connectivity index (χ4v) is 5.80. The van der Waals surface area contributed by atoms with Gasteiger partial charge in [-0.1, -0.05) is 12.1 Å². The summed E-state index contributed by atoms with van der Waals surface area (Å²) in [5.74, 6) is 0.390. The van der Waals surface area contributed by atoms with Gasteiger partial charge in [-0.05, 0) is 70.0 Å². The summed E-state index contributed by atoms with van der Waals surface area (Å²) in [6, 6.07) is 14.1. The molecule has 0 saturated carbocycles. The largest absolute Gasteiger partial charge is 0.497 e. The third-order valence-corrected chi connectivity index (χ3v) is 7.80. The Morgan fingerprint density at radius 1 is 1.12 bits per heavy atom. The second-order valence-corrected chi connectivity index (χ2v) is 11.2. The fourth-order valence-electron chi connectivity index (χ4n) is 4.27. The van der Waals surface area contributed by atoms with Crippen molar-refractivity contribution in [2.45, 2.75) is 44.0 Å². The zero-order chi connectivity index (χ0) is 23.8. The Morgan fingerprint density at radius 2 is 1.82 bits per heavy atom. The minimum absolute atomic E-state index is 0.135. The molecule has 0 radical (unpaired) electrons. The highest BCUT2D eigenvalue weighted by Gasteiger charge is 2.34. The van der Waals surface area contributed by atoms with Crippen LogP contribution in [0, 0.1) is 5.92 Å². The van der Waals surface area contributed by atoms with E-state index in [1.54, 1.807) is 12.1 Å². The molecule has 4 rings (SSSR count). The monoisotopic (exact) mass is 470 g/mol.